The maximum absolute atomic E-state index is 11.3. The molecule has 0 aromatic heterocycles. The standard InChI is InChI=1S/C13H19BrN2O2/c1-3-15-13(17)7-8-16-12-6-4-5-11(14)10(12)9-18-2/h4-6,16H,3,7-9H2,1-2H3,(H,15,17). The molecule has 0 spiro atoms. The van der Waals surface area contributed by atoms with Crippen molar-refractivity contribution in [2.45, 2.75) is 20.0 Å². The lowest BCUT2D eigenvalue weighted by Gasteiger charge is -2.13. The van der Waals surface area contributed by atoms with E-state index in [0.717, 1.165) is 15.7 Å². The van der Waals surface area contributed by atoms with Crippen molar-refractivity contribution in [3.8, 4) is 0 Å². The summed E-state index contributed by atoms with van der Waals surface area (Å²) < 4.78 is 6.17. The third-order valence-corrected chi connectivity index (χ3v) is 3.19. The molecule has 2 N–H and O–H groups in total. The molecule has 1 aromatic rings. The summed E-state index contributed by atoms with van der Waals surface area (Å²) in [5.41, 5.74) is 2.06. The number of amides is 1. The first-order chi connectivity index (χ1) is 8.69. The van der Waals surface area contributed by atoms with Gasteiger partial charge in [-0.1, -0.05) is 22.0 Å². The molecule has 0 fully saturated rings. The number of methoxy groups -OCH3 is 1. The highest BCUT2D eigenvalue weighted by Gasteiger charge is 2.06. The molecule has 0 heterocycles. The molecule has 1 rings (SSSR count). The molecule has 0 aliphatic carbocycles. The lowest BCUT2D eigenvalue weighted by molar-refractivity contribution is -0.120. The zero-order valence-corrected chi connectivity index (χ0v) is 12.3. The van der Waals surface area contributed by atoms with Crippen molar-refractivity contribution >= 4 is 27.5 Å². The van der Waals surface area contributed by atoms with Crippen LogP contribution in [0.4, 0.5) is 5.69 Å². The van der Waals surface area contributed by atoms with Crippen molar-refractivity contribution in [2.75, 3.05) is 25.5 Å². The van der Waals surface area contributed by atoms with Crippen molar-refractivity contribution in [1.29, 1.82) is 0 Å². The SMILES string of the molecule is CCNC(=O)CCNc1cccc(Br)c1COC. The quantitative estimate of drug-likeness (QED) is 0.813. The molecule has 100 valence electrons. The van der Waals surface area contributed by atoms with Gasteiger partial charge in [-0.15, -0.1) is 0 Å². The zero-order chi connectivity index (χ0) is 13.4. The Labute approximate surface area is 116 Å². The number of hydrogen-bond acceptors (Lipinski definition) is 3. The fraction of sp³-hybridized carbons (Fsp3) is 0.462. The first-order valence-corrected chi connectivity index (χ1v) is 6.75. The Morgan fingerprint density at radius 2 is 2.22 bits per heavy atom. The Morgan fingerprint density at radius 1 is 1.44 bits per heavy atom. The van der Waals surface area contributed by atoms with Crippen molar-refractivity contribution in [1.82, 2.24) is 5.32 Å². The van der Waals surface area contributed by atoms with Crippen LogP contribution in [0.15, 0.2) is 22.7 Å². The van der Waals surface area contributed by atoms with Gasteiger partial charge >= 0.3 is 0 Å². The minimum Gasteiger partial charge on any atom is -0.384 e. The Kier molecular flexibility index (Phi) is 6.75. The molecule has 1 amide bonds. The lowest BCUT2D eigenvalue weighted by atomic mass is 10.2. The molecule has 0 aliphatic heterocycles. The molecule has 0 saturated heterocycles. The number of rotatable bonds is 7. The highest BCUT2D eigenvalue weighted by molar-refractivity contribution is 9.10. The fourth-order valence-electron chi connectivity index (χ4n) is 1.61. The highest BCUT2D eigenvalue weighted by Crippen LogP contribution is 2.25. The summed E-state index contributed by atoms with van der Waals surface area (Å²) in [5, 5.41) is 6.03. The maximum Gasteiger partial charge on any atom is 0.221 e. The molecule has 0 aliphatic rings. The Morgan fingerprint density at radius 3 is 2.89 bits per heavy atom. The predicted octanol–water partition coefficient (Wildman–Crippen LogP) is 2.53. The first kappa shape index (κ1) is 15.0. The second-order valence-electron chi connectivity index (χ2n) is 3.83. The Hall–Kier alpha value is -1.07. The molecule has 0 radical (unpaired) electrons. The number of nitrogens with one attached hydrogen (secondary N) is 2. The monoisotopic (exact) mass is 314 g/mol. The van der Waals surface area contributed by atoms with Crippen LogP contribution in [0.1, 0.15) is 18.9 Å². The van der Waals surface area contributed by atoms with E-state index in [9.17, 15) is 4.79 Å². The van der Waals surface area contributed by atoms with Crippen LogP contribution in [-0.2, 0) is 16.1 Å². The predicted molar refractivity (Wildman–Crippen MR) is 76.6 cm³/mol. The molecule has 18 heavy (non-hydrogen) atoms. The van der Waals surface area contributed by atoms with Crippen LogP contribution >= 0.6 is 15.9 Å². The number of carbonyl (C=O) groups excluding carboxylic acids is 1. The normalized spacial score (nSPS) is 10.2. The van der Waals surface area contributed by atoms with Crippen LogP contribution in [0.2, 0.25) is 0 Å². The maximum atomic E-state index is 11.3. The van der Waals surface area contributed by atoms with Crippen molar-refractivity contribution < 1.29 is 9.53 Å². The number of carbonyl (C=O) groups is 1. The average molecular weight is 315 g/mol. The van der Waals surface area contributed by atoms with Crippen LogP contribution in [0.3, 0.4) is 0 Å². The molecule has 0 atom stereocenters. The van der Waals surface area contributed by atoms with E-state index in [1.54, 1.807) is 7.11 Å². The van der Waals surface area contributed by atoms with Gasteiger partial charge in [0.15, 0.2) is 0 Å². The molecule has 0 saturated carbocycles. The van der Waals surface area contributed by atoms with Gasteiger partial charge in [0.25, 0.3) is 0 Å². The van der Waals surface area contributed by atoms with E-state index in [-0.39, 0.29) is 5.91 Å². The molecular weight excluding hydrogens is 296 g/mol. The molecule has 4 nitrogen and oxygen atoms in total. The summed E-state index contributed by atoms with van der Waals surface area (Å²) in [6.45, 7) is 3.73. The number of benzene rings is 1. The zero-order valence-electron chi connectivity index (χ0n) is 10.8. The Bertz CT molecular complexity index is 397. The molecule has 0 bridgehead atoms. The second kappa shape index (κ2) is 8.11. The molecule has 1 aromatic carbocycles. The van der Waals surface area contributed by atoms with Gasteiger partial charge in [0.05, 0.1) is 6.61 Å². The van der Waals surface area contributed by atoms with Gasteiger partial charge in [0.1, 0.15) is 0 Å². The largest absolute Gasteiger partial charge is 0.384 e. The summed E-state index contributed by atoms with van der Waals surface area (Å²) >= 11 is 3.49. The van der Waals surface area contributed by atoms with Crippen molar-refractivity contribution in [3.63, 3.8) is 0 Å². The van der Waals surface area contributed by atoms with E-state index in [4.69, 9.17) is 4.74 Å². The number of hydrogen-bond donors (Lipinski definition) is 2. The van der Waals surface area contributed by atoms with Gasteiger partial charge in [-0.3, -0.25) is 4.79 Å². The van der Waals surface area contributed by atoms with E-state index < -0.39 is 0 Å². The summed E-state index contributed by atoms with van der Waals surface area (Å²) in [6.07, 6.45) is 0.465. The third-order valence-electron chi connectivity index (χ3n) is 2.45. The number of halogens is 1. The summed E-state index contributed by atoms with van der Waals surface area (Å²) in [5.74, 6) is 0.0632. The van der Waals surface area contributed by atoms with E-state index in [0.29, 0.717) is 26.1 Å². The van der Waals surface area contributed by atoms with Crippen LogP contribution in [0.5, 0.6) is 0 Å². The van der Waals surface area contributed by atoms with Gasteiger partial charge in [-0.2, -0.15) is 0 Å². The van der Waals surface area contributed by atoms with Gasteiger partial charge < -0.3 is 15.4 Å². The van der Waals surface area contributed by atoms with Crippen LogP contribution in [0.25, 0.3) is 0 Å². The highest BCUT2D eigenvalue weighted by atomic mass is 79.9. The second-order valence-corrected chi connectivity index (χ2v) is 4.68. The van der Waals surface area contributed by atoms with E-state index in [1.165, 1.54) is 0 Å². The third kappa shape index (κ3) is 4.66. The Balaban J connectivity index is 2.56. The summed E-state index contributed by atoms with van der Waals surface area (Å²) in [6, 6.07) is 5.91. The number of anilines is 1. The smallest absolute Gasteiger partial charge is 0.221 e. The van der Waals surface area contributed by atoms with Gasteiger partial charge in [0, 0.05) is 42.3 Å². The minimum atomic E-state index is 0.0632. The fourth-order valence-corrected chi connectivity index (χ4v) is 2.09. The minimum absolute atomic E-state index is 0.0632. The van der Waals surface area contributed by atoms with E-state index >= 15 is 0 Å². The van der Waals surface area contributed by atoms with Gasteiger partial charge in [0.2, 0.25) is 5.91 Å². The van der Waals surface area contributed by atoms with Crippen LogP contribution in [0, 0.1) is 0 Å². The lowest BCUT2D eigenvalue weighted by Crippen LogP contribution is -2.24. The van der Waals surface area contributed by atoms with Gasteiger partial charge in [-0.25, -0.2) is 0 Å². The molecule has 0 unspecified atom stereocenters. The van der Waals surface area contributed by atoms with Crippen LogP contribution < -0.4 is 10.6 Å². The molecule has 5 heteroatoms. The van der Waals surface area contributed by atoms with Crippen molar-refractivity contribution in [3.05, 3.63) is 28.2 Å². The van der Waals surface area contributed by atoms with Gasteiger partial charge in [-0.05, 0) is 19.1 Å². The molecular formula is C13H19BrN2O2. The average Bonchev–Trinajstić information content (AvgIpc) is 2.34. The van der Waals surface area contributed by atoms with E-state index in [1.807, 2.05) is 25.1 Å². The number of ether oxygens (including phenoxy) is 1. The first-order valence-electron chi connectivity index (χ1n) is 5.96. The summed E-state index contributed by atoms with van der Waals surface area (Å²) in [4.78, 5) is 11.3. The van der Waals surface area contributed by atoms with Crippen LogP contribution in [-0.4, -0.2) is 26.1 Å². The summed E-state index contributed by atoms with van der Waals surface area (Å²) in [7, 11) is 1.66. The topological polar surface area (TPSA) is 50.4 Å². The van der Waals surface area contributed by atoms with Crippen molar-refractivity contribution in [2.24, 2.45) is 0 Å². The van der Waals surface area contributed by atoms with E-state index in [2.05, 4.69) is 26.6 Å².